The van der Waals surface area contributed by atoms with E-state index in [1.807, 2.05) is 54.9 Å². The number of aromatic nitrogens is 2. The molecule has 2 aromatic rings. The van der Waals surface area contributed by atoms with Crippen LogP contribution >= 0.6 is 0 Å². The molecule has 0 fully saturated rings. The molecule has 0 saturated heterocycles. The molecule has 3 nitrogen and oxygen atoms in total. The Hall–Kier alpha value is -2.52. The average Bonchev–Trinajstić information content (AvgIpc) is 2.69. The van der Waals surface area contributed by atoms with E-state index in [2.05, 4.69) is 16.9 Å². The summed E-state index contributed by atoms with van der Waals surface area (Å²) in [6.45, 7) is 3.99. The topological polar surface area (TPSA) is 41.6 Å². The van der Waals surface area contributed by atoms with E-state index in [4.69, 9.17) is 5.26 Å². The monoisotopic (exact) mass is 235 g/mol. The average molecular weight is 235 g/mol. The van der Waals surface area contributed by atoms with E-state index < -0.39 is 0 Å². The molecule has 88 valence electrons. The molecule has 0 atom stereocenters. The van der Waals surface area contributed by atoms with Gasteiger partial charge in [0.1, 0.15) is 0 Å². The maximum absolute atomic E-state index is 8.45. The van der Waals surface area contributed by atoms with Crippen molar-refractivity contribution in [3.63, 3.8) is 0 Å². The molecule has 1 heterocycles. The second kappa shape index (κ2) is 5.21. The van der Waals surface area contributed by atoms with Crippen LogP contribution in [-0.2, 0) is 0 Å². The van der Waals surface area contributed by atoms with Crippen LogP contribution in [0.2, 0.25) is 0 Å². The van der Waals surface area contributed by atoms with Gasteiger partial charge in [0.15, 0.2) is 0 Å². The van der Waals surface area contributed by atoms with E-state index in [1.54, 1.807) is 0 Å². The zero-order valence-electron chi connectivity index (χ0n) is 10.4. The summed E-state index contributed by atoms with van der Waals surface area (Å²) in [4.78, 5) is 0. The molecule has 0 bridgehead atoms. The summed E-state index contributed by atoms with van der Waals surface area (Å²) in [6.07, 6.45) is 0.254. The van der Waals surface area contributed by atoms with Crippen molar-refractivity contribution in [2.45, 2.75) is 20.3 Å². The predicted octanol–water partition coefficient (Wildman–Crippen LogP) is 2.75. The second-order valence-electron chi connectivity index (χ2n) is 4.03. The zero-order valence-corrected chi connectivity index (χ0v) is 10.4. The predicted molar refractivity (Wildman–Crippen MR) is 70.1 cm³/mol. The molecule has 3 heteroatoms. The Morgan fingerprint density at radius 3 is 2.78 bits per heavy atom. The first-order chi connectivity index (χ1) is 8.70. The van der Waals surface area contributed by atoms with Gasteiger partial charge in [-0.05, 0) is 38.1 Å². The molecule has 0 aliphatic heterocycles. The van der Waals surface area contributed by atoms with Crippen molar-refractivity contribution >= 4 is 0 Å². The SMILES string of the molecule is Cc1cc(C)n(-c2cccc(C#CCC#N)c2)n1. The first-order valence-corrected chi connectivity index (χ1v) is 5.70. The molecule has 0 saturated carbocycles. The lowest BCUT2D eigenvalue weighted by Crippen LogP contribution is -1.99. The van der Waals surface area contributed by atoms with E-state index >= 15 is 0 Å². The van der Waals surface area contributed by atoms with Gasteiger partial charge in [-0.15, -0.1) is 0 Å². The van der Waals surface area contributed by atoms with E-state index in [1.165, 1.54) is 0 Å². The highest BCUT2D eigenvalue weighted by molar-refractivity contribution is 5.44. The van der Waals surface area contributed by atoms with E-state index in [-0.39, 0.29) is 6.42 Å². The number of nitriles is 1. The fourth-order valence-electron chi connectivity index (χ4n) is 1.79. The molecule has 0 aliphatic carbocycles. The van der Waals surface area contributed by atoms with Gasteiger partial charge in [0.05, 0.1) is 23.9 Å². The van der Waals surface area contributed by atoms with Crippen LogP contribution in [0.15, 0.2) is 30.3 Å². The van der Waals surface area contributed by atoms with Crippen molar-refractivity contribution in [2.75, 3.05) is 0 Å². The normalized spacial score (nSPS) is 9.39. The molecule has 0 radical (unpaired) electrons. The molecule has 18 heavy (non-hydrogen) atoms. The van der Waals surface area contributed by atoms with Crippen molar-refractivity contribution in [2.24, 2.45) is 0 Å². The van der Waals surface area contributed by atoms with Crippen LogP contribution in [0.4, 0.5) is 0 Å². The molecule has 0 unspecified atom stereocenters. The lowest BCUT2D eigenvalue weighted by atomic mass is 10.2. The first kappa shape index (κ1) is 12.0. The van der Waals surface area contributed by atoms with Gasteiger partial charge in [0, 0.05) is 11.3 Å². The Balaban J connectivity index is 2.37. The highest BCUT2D eigenvalue weighted by Gasteiger charge is 2.03. The highest BCUT2D eigenvalue weighted by atomic mass is 15.3. The summed E-state index contributed by atoms with van der Waals surface area (Å²) in [5.74, 6) is 5.78. The molecule has 0 aliphatic rings. The van der Waals surface area contributed by atoms with Crippen LogP contribution in [0.1, 0.15) is 23.4 Å². The van der Waals surface area contributed by atoms with Gasteiger partial charge < -0.3 is 0 Å². The third kappa shape index (κ3) is 2.59. The Labute approximate surface area is 107 Å². The van der Waals surface area contributed by atoms with Gasteiger partial charge in [0.2, 0.25) is 0 Å². The van der Waals surface area contributed by atoms with Crippen molar-refractivity contribution in [3.05, 3.63) is 47.3 Å². The van der Waals surface area contributed by atoms with Gasteiger partial charge in [0.25, 0.3) is 0 Å². The van der Waals surface area contributed by atoms with E-state index in [0.29, 0.717) is 0 Å². The maximum atomic E-state index is 8.45. The first-order valence-electron chi connectivity index (χ1n) is 5.70. The molecule has 0 amide bonds. The summed E-state index contributed by atoms with van der Waals surface area (Å²) in [6, 6.07) is 11.9. The smallest absolute Gasteiger partial charge is 0.0966 e. The molecule has 1 aromatic heterocycles. The third-order valence-electron chi connectivity index (χ3n) is 2.50. The van der Waals surface area contributed by atoms with Crippen molar-refractivity contribution in [3.8, 4) is 23.6 Å². The minimum absolute atomic E-state index is 0.254. The molecule has 2 rings (SSSR count). The van der Waals surface area contributed by atoms with Crippen molar-refractivity contribution < 1.29 is 0 Å². The van der Waals surface area contributed by atoms with Crippen LogP contribution in [0.3, 0.4) is 0 Å². The summed E-state index contributed by atoms with van der Waals surface area (Å²) in [5.41, 5.74) is 3.97. The highest BCUT2D eigenvalue weighted by Crippen LogP contribution is 2.13. The number of benzene rings is 1. The summed E-state index contributed by atoms with van der Waals surface area (Å²) in [5, 5.41) is 12.9. The lowest BCUT2D eigenvalue weighted by molar-refractivity contribution is 0.833. The number of hydrogen-bond donors (Lipinski definition) is 0. The Bertz CT molecular complexity index is 663. The quantitative estimate of drug-likeness (QED) is 0.713. The molecule has 0 spiro atoms. The Morgan fingerprint density at radius 1 is 1.28 bits per heavy atom. The summed E-state index contributed by atoms with van der Waals surface area (Å²) in [7, 11) is 0. The van der Waals surface area contributed by atoms with Gasteiger partial charge >= 0.3 is 0 Å². The summed E-state index contributed by atoms with van der Waals surface area (Å²) >= 11 is 0. The standard InChI is InChI=1S/C15H13N3/c1-12-10-13(2)18(17-12)15-8-5-7-14(11-15)6-3-4-9-16/h5,7-8,10-11H,4H2,1-2H3. The number of rotatable bonds is 1. The molecular formula is C15H13N3. The second-order valence-corrected chi connectivity index (χ2v) is 4.03. The molecule has 1 aromatic carbocycles. The van der Waals surface area contributed by atoms with Crippen molar-refractivity contribution in [1.29, 1.82) is 5.26 Å². The maximum Gasteiger partial charge on any atom is 0.0966 e. The summed E-state index contributed by atoms with van der Waals surface area (Å²) < 4.78 is 1.89. The fraction of sp³-hybridized carbons (Fsp3) is 0.200. The van der Waals surface area contributed by atoms with Gasteiger partial charge in [-0.25, -0.2) is 4.68 Å². The van der Waals surface area contributed by atoms with E-state index in [0.717, 1.165) is 22.6 Å². The Kier molecular flexibility index (Phi) is 3.46. The van der Waals surface area contributed by atoms with Gasteiger partial charge in [-0.2, -0.15) is 10.4 Å². The van der Waals surface area contributed by atoms with Gasteiger partial charge in [-0.1, -0.05) is 17.9 Å². The largest absolute Gasteiger partial charge is 0.238 e. The van der Waals surface area contributed by atoms with Crippen LogP contribution in [-0.4, -0.2) is 9.78 Å². The minimum atomic E-state index is 0.254. The third-order valence-corrected chi connectivity index (χ3v) is 2.50. The minimum Gasteiger partial charge on any atom is -0.238 e. The van der Waals surface area contributed by atoms with E-state index in [9.17, 15) is 0 Å². The molecular weight excluding hydrogens is 222 g/mol. The van der Waals surface area contributed by atoms with Crippen LogP contribution in [0, 0.1) is 37.0 Å². The van der Waals surface area contributed by atoms with Crippen LogP contribution in [0.5, 0.6) is 0 Å². The number of aryl methyl sites for hydroxylation is 2. The van der Waals surface area contributed by atoms with Gasteiger partial charge in [-0.3, -0.25) is 0 Å². The van der Waals surface area contributed by atoms with Crippen LogP contribution in [0.25, 0.3) is 5.69 Å². The zero-order chi connectivity index (χ0) is 13.0. The molecule has 0 N–H and O–H groups in total. The lowest BCUT2D eigenvalue weighted by Gasteiger charge is -2.04. The number of hydrogen-bond acceptors (Lipinski definition) is 2. The van der Waals surface area contributed by atoms with Crippen LogP contribution < -0.4 is 0 Å². The van der Waals surface area contributed by atoms with Crippen molar-refractivity contribution in [1.82, 2.24) is 9.78 Å². The Morgan fingerprint density at radius 2 is 2.11 bits per heavy atom. The number of nitrogens with zero attached hydrogens (tertiary/aromatic N) is 3. The fourth-order valence-corrected chi connectivity index (χ4v) is 1.79.